The van der Waals surface area contributed by atoms with Crippen LogP contribution in [-0.2, 0) is 9.53 Å². The molecule has 0 N–H and O–H groups in total. The monoisotopic (exact) mass is 196 g/mol. The summed E-state index contributed by atoms with van der Waals surface area (Å²) in [4.78, 5) is 19.7. The Labute approximate surface area is 81.9 Å². The van der Waals surface area contributed by atoms with Crippen LogP contribution in [0.4, 0.5) is 0 Å². The Morgan fingerprint density at radius 1 is 1.43 bits per heavy atom. The molecular formula is C10H12O4. The molecule has 1 saturated heterocycles. The highest BCUT2D eigenvalue weighted by molar-refractivity contribution is 5.69. The van der Waals surface area contributed by atoms with Gasteiger partial charge in [0.2, 0.25) is 0 Å². The average Bonchev–Trinajstić information content (AvgIpc) is 2.92. The predicted molar refractivity (Wildman–Crippen MR) is 49.1 cm³/mol. The highest BCUT2D eigenvalue weighted by atomic mass is 16.5. The van der Waals surface area contributed by atoms with Crippen molar-refractivity contribution < 1.29 is 18.7 Å². The van der Waals surface area contributed by atoms with Crippen LogP contribution in [0.15, 0.2) is 22.8 Å². The SMILES string of the molecule is O=CC1CCCO1.O=Cc1ccco1. The van der Waals surface area contributed by atoms with E-state index in [0.717, 1.165) is 25.7 Å². The molecule has 1 aromatic heterocycles. The molecule has 4 nitrogen and oxygen atoms in total. The van der Waals surface area contributed by atoms with Gasteiger partial charge in [0.15, 0.2) is 12.0 Å². The van der Waals surface area contributed by atoms with Crippen molar-refractivity contribution in [3.63, 3.8) is 0 Å². The molecule has 4 heteroatoms. The first-order chi connectivity index (χ1) is 6.86. The first kappa shape index (κ1) is 10.7. The lowest BCUT2D eigenvalue weighted by molar-refractivity contribution is -0.115. The van der Waals surface area contributed by atoms with Gasteiger partial charge in [-0.25, -0.2) is 0 Å². The minimum atomic E-state index is -0.0833. The van der Waals surface area contributed by atoms with Crippen molar-refractivity contribution in [2.45, 2.75) is 18.9 Å². The van der Waals surface area contributed by atoms with Crippen LogP contribution in [0.25, 0.3) is 0 Å². The van der Waals surface area contributed by atoms with Crippen LogP contribution in [-0.4, -0.2) is 25.3 Å². The van der Waals surface area contributed by atoms with E-state index in [2.05, 4.69) is 4.42 Å². The van der Waals surface area contributed by atoms with E-state index in [1.165, 1.54) is 6.26 Å². The molecule has 0 radical (unpaired) electrons. The summed E-state index contributed by atoms with van der Waals surface area (Å²) in [5.41, 5.74) is 0. The first-order valence-electron chi connectivity index (χ1n) is 4.42. The van der Waals surface area contributed by atoms with Crippen LogP contribution in [0.3, 0.4) is 0 Å². The van der Waals surface area contributed by atoms with Crippen molar-refractivity contribution >= 4 is 12.6 Å². The standard InChI is InChI=1S/C5H8O2.C5H4O2/c2*6-4-5-2-1-3-7-5/h4-5H,1-3H2;1-4H. The smallest absolute Gasteiger partial charge is 0.185 e. The molecule has 0 bridgehead atoms. The number of aldehydes is 2. The van der Waals surface area contributed by atoms with Crippen LogP contribution < -0.4 is 0 Å². The second-order valence-corrected chi connectivity index (χ2v) is 2.82. The maximum atomic E-state index is 9.88. The Balaban J connectivity index is 0.000000140. The zero-order valence-corrected chi connectivity index (χ0v) is 7.72. The lowest BCUT2D eigenvalue weighted by Gasteiger charge is -1.93. The van der Waals surface area contributed by atoms with E-state index in [4.69, 9.17) is 4.74 Å². The van der Waals surface area contributed by atoms with Crippen molar-refractivity contribution in [2.24, 2.45) is 0 Å². The summed E-state index contributed by atoms with van der Waals surface area (Å²) in [6.07, 6.45) is 4.88. The molecule has 0 amide bonds. The van der Waals surface area contributed by atoms with Gasteiger partial charge in [-0.2, -0.15) is 0 Å². The van der Waals surface area contributed by atoms with E-state index >= 15 is 0 Å². The van der Waals surface area contributed by atoms with Gasteiger partial charge in [0, 0.05) is 6.61 Å². The first-order valence-corrected chi connectivity index (χ1v) is 4.42. The van der Waals surface area contributed by atoms with Gasteiger partial charge in [0.05, 0.1) is 6.26 Å². The maximum absolute atomic E-state index is 9.88. The van der Waals surface area contributed by atoms with E-state index in [1.807, 2.05) is 0 Å². The number of hydrogen-bond acceptors (Lipinski definition) is 4. The van der Waals surface area contributed by atoms with Crippen molar-refractivity contribution in [2.75, 3.05) is 6.61 Å². The quantitative estimate of drug-likeness (QED) is 0.672. The third kappa shape index (κ3) is 3.53. The van der Waals surface area contributed by atoms with Gasteiger partial charge in [0.1, 0.15) is 12.4 Å². The van der Waals surface area contributed by atoms with E-state index in [-0.39, 0.29) is 6.10 Å². The van der Waals surface area contributed by atoms with Gasteiger partial charge in [-0.3, -0.25) is 4.79 Å². The zero-order chi connectivity index (χ0) is 10.2. The molecule has 14 heavy (non-hydrogen) atoms. The van der Waals surface area contributed by atoms with Crippen LogP contribution in [0.5, 0.6) is 0 Å². The van der Waals surface area contributed by atoms with Crippen LogP contribution in [0.1, 0.15) is 23.4 Å². The van der Waals surface area contributed by atoms with E-state index in [1.54, 1.807) is 12.1 Å². The summed E-state index contributed by atoms with van der Waals surface area (Å²) in [5, 5.41) is 0. The summed E-state index contributed by atoms with van der Waals surface area (Å²) in [5.74, 6) is 0.375. The van der Waals surface area contributed by atoms with E-state index in [0.29, 0.717) is 12.0 Å². The molecule has 1 unspecified atom stereocenters. The molecule has 0 aromatic carbocycles. The number of hydrogen-bond donors (Lipinski definition) is 0. The fraction of sp³-hybridized carbons (Fsp3) is 0.400. The van der Waals surface area contributed by atoms with Crippen molar-refractivity contribution in [3.05, 3.63) is 24.2 Å². The number of rotatable bonds is 2. The molecule has 1 fully saturated rings. The molecule has 0 aliphatic carbocycles. The van der Waals surface area contributed by atoms with E-state index < -0.39 is 0 Å². The number of ether oxygens (including phenoxy) is 1. The third-order valence-corrected chi connectivity index (χ3v) is 1.78. The minimum absolute atomic E-state index is 0.0833. The van der Waals surface area contributed by atoms with E-state index in [9.17, 15) is 9.59 Å². The second-order valence-electron chi connectivity index (χ2n) is 2.82. The Kier molecular flexibility index (Phi) is 4.64. The molecule has 0 spiro atoms. The predicted octanol–water partition coefficient (Wildman–Crippen LogP) is 1.46. The molecule has 0 saturated carbocycles. The fourth-order valence-corrected chi connectivity index (χ4v) is 1.07. The zero-order valence-electron chi connectivity index (χ0n) is 7.72. The maximum Gasteiger partial charge on any atom is 0.185 e. The molecule has 2 rings (SSSR count). The summed E-state index contributed by atoms with van der Waals surface area (Å²) < 4.78 is 9.55. The number of carbonyl (C=O) groups is 2. The average molecular weight is 196 g/mol. The lowest BCUT2D eigenvalue weighted by Crippen LogP contribution is -2.04. The number of carbonyl (C=O) groups excluding carboxylic acids is 2. The molecule has 76 valence electrons. The van der Waals surface area contributed by atoms with Gasteiger partial charge >= 0.3 is 0 Å². The fourth-order valence-electron chi connectivity index (χ4n) is 1.07. The van der Waals surface area contributed by atoms with Gasteiger partial charge in [0.25, 0.3) is 0 Å². The summed E-state index contributed by atoms with van der Waals surface area (Å²) in [6.45, 7) is 0.767. The van der Waals surface area contributed by atoms with Crippen molar-refractivity contribution in [1.82, 2.24) is 0 Å². The summed E-state index contributed by atoms with van der Waals surface area (Å²) in [7, 11) is 0. The highest BCUT2D eigenvalue weighted by Gasteiger charge is 2.12. The van der Waals surface area contributed by atoms with Gasteiger partial charge < -0.3 is 13.9 Å². The Bertz CT molecular complexity index is 260. The van der Waals surface area contributed by atoms with Gasteiger partial charge in [-0.15, -0.1) is 0 Å². The molecule has 1 aliphatic heterocycles. The van der Waals surface area contributed by atoms with Crippen LogP contribution in [0.2, 0.25) is 0 Å². The summed E-state index contributed by atoms with van der Waals surface area (Å²) in [6, 6.07) is 3.27. The molecule has 2 heterocycles. The molecule has 1 aliphatic rings. The Morgan fingerprint density at radius 2 is 2.29 bits per heavy atom. The van der Waals surface area contributed by atoms with Crippen LogP contribution in [0, 0.1) is 0 Å². The van der Waals surface area contributed by atoms with Crippen LogP contribution >= 0.6 is 0 Å². The Hall–Kier alpha value is -1.42. The van der Waals surface area contributed by atoms with Crippen molar-refractivity contribution in [3.8, 4) is 0 Å². The highest BCUT2D eigenvalue weighted by Crippen LogP contribution is 2.08. The topological polar surface area (TPSA) is 56.5 Å². The molecule has 1 atom stereocenters. The number of furan rings is 1. The van der Waals surface area contributed by atoms with Gasteiger partial charge in [-0.05, 0) is 25.0 Å². The third-order valence-electron chi connectivity index (χ3n) is 1.78. The largest absolute Gasteiger partial charge is 0.462 e. The van der Waals surface area contributed by atoms with Crippen molar-refractivity contribution in [1.29, 1.82) is 0 Å². The normalized spacial score (nSPS) is 19.6. The second kappa shape index (κ2) is 6.10. The van der Waals surface area contributed by atoms with Gasteiger partial charge in [-0.1, -0.05) is 0 Å². The summed E-state index contributed by atoms with van der Waals surface area (Å²) >= 11 is 0. The molecule has 1 aromatic rings. The molecular weight excluding hydrogens is 184 g/mol. The minimum Gasteiger partial charge on any atom is -0.462 e. The lowest BCUT2D eigenvalue weighted by atomic mass is 10.3. The Morgan fingerprint density at radius 3 is 2.57 bits per heavy atom.